The Hall–Kier alpha value is -1.34. The van der Waals surface area contributed by atoms with Crippen molar-refractivity contribution in [3.05, 3.63) is 23.3 Å². The molecule has 2 atom stereocenters. The molecule has 1 aliphatic carbocycles. The third kappa shape index (κ3) is 2.18. The van der Waals surface area contributed by atoms with E-state index in [9.17, 15) is 18.0 Å². The molecular weight excluding hydrogens is 217 g/mol. The molecule has 0 saturated heterocycles. The van der Waals surface area contributed by atoms with Gasteiger partial charge in [-0.3, -0.25) is 0 Å². The third-order valence-electron chi connectivity index (χ3n) is 1.95. The zero-order chi connectivity index (χ0) is 11.8. The minimum Gasteiger partial charge on any atom is -0.478 e. The van der Waals surface area contributed by atoms with E-state index in [0.717, 1.165) is 0 Å². The van der Waals surface area contributed by atoms with Crippen molar-refractivity contribution in [2.75, 3.05) is 0 Å². The van der Waals surface area contributed by atoms with E-state index in [-0.39, 0.29) is 0 Å². The molecule has 0 aliphatic heterocycles. The largest absolute Gasteiger partial charge is 0.478 e. The summed E-state index contributed by atoms with van der Waals surface area (Å²) in [7, 11) is 0. The Morgan fingerprint density at radius 2 is 1.73 bits per heavy atom. The number of carboxylic acids is 1. The van der Waals surface area contributed by atoms with Gasteiger partial charge in [-0.25, -0.2) is 4.79 Å². The van der Waals surface area contributed by atoms with Crippen LogP contribution in [0, 0.1) is 0 Å². The van der Waals surface area contributed by atoms with Crippen molar-refractivity contribution in [1.29, 1.82) is 0 Å². The van der Waals surface area contributed by atoms with Crippen LogP contribution in [0.3, 0.4) is 0 Å². The Kier molecular flexibility index (Phi) is 2.87. The molecule has 84 valence electrons. The van der Waals surface area contributed by atoms with E-state index in [1.807, 2.05) is 0 Å². The van der Waals surface area contributed by atoms with E-state index in [2.05, 4.69) is 0 Å². The normalized spacial score (nSPS) is 27.0. The average molecular weight is 224 g/mol. The van der Waals surface area contributed by atoms with Crippen LogP contribution in [0.15, 0.2) is 23.3 Å². The summed E-state index contributed by atoms with van der Waals surface area (Å²) in [6.45, 7) is 0. The molecule has 1 rings (SSSR count). The van der Waals surface area contributed by atoms with Crippen LogP contribution in [0.2, 0.25) is 0 Å². The molecule has 0 heterocycles. The molecule has 0 bridgehead atoms. The van der Waals surface area contributed by atoms with Gasteiger partial charge in [0.25, 0.3) is 0 Å². The van der Waals surface area contributed by atoms with Gasteiger partial charge in [0.1, 0.15) is 12.2 Å². The second-order valence-electron chi connectivity index (χ2n) is 2.94. The monoisotopic (exact) mass is 224 g/mol. The second-order valence-corrected chi connectivity index (χ2v) is 2.94. The van der Waals surface area contributed by atoms with Crippen molar-refractivity contribution in [1.82, 2.24) is 0 Å². The molecule has 0 amide bonds. The van der Waals surface area contributed by atoms with Crippen molar-refractivity contribution in [2.24, 2.45) is 0 Å². The highest BCUT2D eigenvalue weighted by Crippen LogP contribution is 2.33. The van der Waals surface area contributed by atoms with Crippen LogP contribution >= 0.6 is 0 Å². The molecule has 0 fully saturated rings. The Morgan fingerprint density at radius 3 is 2.13 bits per heavy atom. The summed E-state index contributed by atoms with van der Waals surface area (Å²) in [5, 5.41) is 26.6. The van der Waals surface area contributed by atoms with E-state index in [4.69, 9.17) is 15.3 Å². The van der Waals surface area contributed by atoms with Gasteiger partial charge in [0.15, 0.2) is 0 Å². The molecule has 0 aromatic rings. The van der Waals surface area contributed by atoms with Gasteiger partial charge in [0.05, 0.1) is 11.1 Å². The van der Waals surface area contributed by atoms with Crippen LogP contribution in [0.5, 0.6) is 0 Å². The molecule has 0 aromatic heterocycles. The summed E-state index contributed by atoms with van der Waals surface area (Å²) < 4.78 is 36.5. The van der Waals surface area contributed by atoms with Crippen molar-refractivity contribution in [2.45, 2.75) is 18.4 Å². The lowest BCUT2D eigenvalue weighted by Gasteiger charge is -2.25. The van der Waals surface area contributed by atoms with Gasteiger partial charge < -0.3 is 15.3 Å². The highest BCUT2D eigenvalue weighted by molar-refractivity contribution is 5.88. The molecule has 0 saturated carbocycles. The fourth-order valence-corrected chi connectivity index (χ4v) is 1.18. The first-order valence-corrected chi connectivity index (χ1v) is 3.83. The molecule has 0 spiro atoms. The van der Waals surface area contributed by atoms with Gasteiger partial charge in [0.2, 0.25) is 0 Å². The first kappa shape index (κ1) is 11.7. The number of aliphatic carboxylic acids is 1. The van der Waals surface area contributed by atoms with E-state index >= 15 is 0 Å². The summed E-state index contributed by atoms with van der Waals surface area (Å²) in [6, 6.07) is 0. The maximum Gasteiger partial charge on any atom is 0.415 e. The number of alkyl halides is 3. The Balaban J connectivity index is 3.11. The number of aliphatic hydroxyl groups excluding tert-OH is 2. The predicted octanol–water partition coefficient (Wildman–Crippen LogP) is 0.222. The number of hydrogen-bond donors (Lipinski definition) is 3. The number of carbonyl (C=O) groups is 1. The van der Waals surface area contributed by atoms with Crippen LogP contribution in [-0.4, -0.2) is 39.7 Å². The quantitative estimate of drug-likeness (QED) is 0.595. The number of aliphatic hydroxyl groups is 2. The summed E-state index contributed by atoms with van der Waals surface area (Å²) >= 11 is 0. The summed E-state index contributed by atoms with van der Waals surface area (Å²) in [5.41, 5.74) is -2.03. The average Bonchev–Trinajstić information content (AvgIpc) is 2.06. The summed E-state index contributed by atoms with van der Waals surface area (Å²) in [5.74, 6) is -1.57. The van der Waals surface area contributed by atoms with E-state index in [1.165, 1.54) is 0 Å². The van der Waals surface area contributed by atoms with Gasteiger partial charge in [-0.2, -0.15) is 13.2 Å². The SMILES string of the molecule is O=C(O)C1=CC=C(C(F)(F)F)C(O)C1O. The topological polar surface area (TPSA) is 77.8 Å². The zero-order valence-electron chi connectivity index (χ0n) is 7.19. The van der Waals surface area contributed by atoms with Gasteiger partial charge >= 0.3 is 12.1 Å². The summed E-state index contributed by atoms with van der Waals surface area (Å²) in [4.78, 5) is 10.4. The van der Waals surface area contributed by atoms with Crippen molar-refractivity contribution >= 4 is 5.97 Å². The smallest absolute Gasteiger partial charge is 0.415 e. The van der Waals surface area contributed by atoms with Gasteiger partial charge in [-0.1, -0.05) is 6.08 Å². The Bertz CT molecular complexity index is 342. The first-order chi connectivity index (χ1) is 6.75. The molecule has 1 aliphatic rings. The van der Waals surface area contributed by atoms with E-state index in [0.29, 0.717) is 12.2 Å². The minimum atomic E-state index is -4.79. The molecule has 7 heteroatoms. The standard InChI is InChI=1S/C8H7F3O4/c9-8(10,11)4-2-1-3(7(14)15)5(12)6(4)13/h1-2,5-6,12-13H,(H,14,15). The van der Waals surface area contributed by atoms with Gasteiger partial charge in [-0.05, 0) is 6.08 Å². The molecule has 2 unspecified atom stereocenters. The Morgan fingerprint density at radius 1 is 1.20 bits per heavy atom. The van der Waals surface area contributed by atoms with Crippen molar-refractivity contribution < 1.29 is 33.3 Å². The molecule has 4 nitrogen and oxygen atoms in total. The molecule has 15 heavy (non-hydrogen) atoms. The lowest BCUT2D eigenvalue weighted by molar-refractivity contribution is -0.136. The first-order valence-electron chi connectivity index (χ1n) is 3.83. The fraction of sp³-hybridized carbons (Fsp3) is 0.375. The predicted molar refractivity (Wildman–Crippen MR) is 41.9 cm³/mol. The maximum atomic E-state index is 12.2. The Labute approximate surface area is 81.9 Å². The van der Waals surface area contributed by atoms with Crippen LogP contribution in [0.1, 0.15) is 0 Å². The number of rotatable bonds is 1. The maximum absolute atomic E-state index is 12.2. The van der Waals surface area contributed by atoms with Crippen LogP contribution < -0.4 is 0 Å². The van der Waals surface area contributed by atoms with Gasteiger partial charge in [0, 0.05) is 0 Å². The highest BCUT2D eigenvalue weighted by Gasteiger charge is 2.43. The second kappa shape index (κ2) is 3.67. The van der Waals surface area contributed by atoms with E-state index < -0.39 is 35.5 Å². The zero-order valence-corrected chi connectivity index (χ0v) is 7.19. The van der Waals surface area contributed by atoms with Crippen molar-refractivity contribution in [3.63, 3.8) is 0 Å². The number of allylic oxidation sites excluding steroid dienone is 2. The molecule has 3 N–H and O–H groups in total. The van der Waals surface area contributed by atoms with Crippen LogP contribution in [0.25, 0.3) is 0 Å². The lowest BCUT2D eigenvalue weighted by Crippen LogP contribution is -2.39. The van der Waals surface area contributed by atoms with E-state index in [1.54, 1.807) is 0 Å². The van der Waals surface area contributed by atoms with Crippen LogP contribution in [0.4, 0.5) is 13.2 Å². The highest BCUT2D eigenvalue weighted by atomic mass is 19.4. The number of carboxylic acid groups (broad SMARTS) is 1. The number of halogens is 3. The molecular formula is C8H7F3O4. The third-order valence-corrected chi connectivity index (χ3v) is 1.95. The molecule has 0 radical (unpaired) electrons. The van der Waals surface area contributed by atoms with Crippen LogP contribution in [-0.2, 0) is 4.79 Å². The number of hydrogen-bond acceptors (Lipinski definition) is 3. The molecule has 0 aromatic carbocycles. The minimum absolute atomic E-state index is 0.445. The lowest BCUT2D eigenvalue weighted by atomic mass is 9.92. The van der Waals surface area contributed by atoms with Crippen molar-refractivity contribution in [3.8, 4) is 0 Å². The van der Waals surface area contributed by atoms with Gasteiger partial charge in [-0.15, -0.1) is 0 Å². The fourth-order valence-electron chi connectivity index (χ4n) is 1.18. The summed E-state index contributed by atoms with van der Waals surface area (Å²) in [6.07, 6.45) is -8.05.